The van der Waals surface area contributed by atoms with Gasteiger partial charge in [-0.2, -0.15) is 0 Å². The van der Waals surface area contributed by atoms with Gasteiger partial charge < -0.3 is 15.4 Å². The summed E-state index contributed by atoms with van der Waals surface area (Å²) in [5.74, 6) is 0.547. The minimum atomic E-state index is -0.809. The van der Waals surface area contributed by atoms with Gasteiger partial charge in [-0.25, -0.2) is 4.39 Å². The van der Waals surface area contributed by atoms with Gasteiger partial charge in [-0.1, -0.05) is 48.5 Å². The highest BCUT2D eigenvalue weighted by Gasteiger charge is 2.46. The van der Waals surface area contributed by atoms with E-state index in [1.807, 2.05) is 31.2 Å². The average Bonchev–Trinajstić information content (AvgIpc) is 3.44. The van der Waals surface area contributed by atoms with Crippen LogP contribution in [0.25, 0.3) is 10.8 Å². The summed E-state index contributed by atoms with van der Waals surface area (Å²) in [6, 6.07) is 20.2. The van der Waals surface area contributed by atoms with Crippen molar-refractivity contribution in [1.29, 1.82) is 0 Å². The minimum Gasteiger partial charge on any atom is -0.492 e. The molecule has 4 nitrogen and oxygen atoms in total. The van der Waals surface area contributed by atoms with Gasteiger partial charge in [0.1, 0.15) is 18.5 Å². The molecule has 5 heteroatoms. The molecule has 0 aromatic heterocycles. The summed E-state index contributed by atoms with van der Waals surface area (Å²) in [7, 11) is 0. The van der Waals surface area contributed by atoms with Crippen molar-refractivity contribution in [2.24, 2.45) is 0 Å². The van der Waals surface area contributed by atoms with Gasteiger partial charge in [-0.05, 0) is 60.2 Å². The predicted octanol–water partition coefficient (Wildman–Crippen LogP) is 4.65. The summed E-state index contributed by atoms with van der Waals surface area (Å²) in [5, 5.41) is 8.80. The van der Waals surface area contributed by atoms with E-state index in [9.17, 15) is 9.18 Å². The van der Waals surface area contributed by atoms with Crippen LogP contribution in [0.3, 0.4) is 0 Å². The van der Waals surface area contributed by atoms with Crippen molar-refractivity contribution >= 4 is 16.7 Å². The normalized spacial score (nSPS) is 21.7. The third-order valence-corrected chi connectivity index (χ3v) is 6.48. The summed E-state index contributed by atoms with van der Waals surface area (Å²) in [6.07, 6.45) is 1.52. The fourth-order valence-electron chi connectivity index (χ4n) is 4.54. The van der Waals surface area contributed by atoms with E-state index in [2.05, 4.69) is 41.0 Å². The van der Waals surface area contributed by atoms with Gasteiger partial charge in [0.25, 0.3) is 5.91 Å². The maximum absolute atomic E-state index is 13.4. The second-order valence-electron chi connectivity index (χ2n) is 8.79. The molecule has 0 bridgehead atoms. The van der Waals surface area contributed by atoms with Crippen molar-refractivity contribution in [3.8, 4) is 5.75 Å². The monoisotopic (exact) mass is 418 g/mol. The number of carbonyl (C=O) groups excluding carboxylic acids is 1. The van der Waals surface area contributed by atoms with Gasteiger partial charge in [0.05, 0.1) is 5.54 Å². The molecule has 1 aliphatic carbocycles. The Morgan fingerprint density at radius 3 is 2.74 bits per heavy atom. The molecule has 5 rings (SSSR count). The molecule has 0 spiro atoms. The third-order valence-electron chi connectivity index (χ3n) is 6.48. The first kappa shape index (κ1) is 20.0. The fraction of sp³-hybridized carbons (Fsp3) is 0.346. The molecule has 3 aromatic carbocycles. The number of hydrogen-bond donors (Lipinski definition) is 2. The lowest BCUT2D eigenvalue weighted by Gasteiger charge is -2.21. The molecule has 1 heterocycles. The summed E-state index contributed by atoms with van der Waals surface area (Å²) in [6.45, 7) is 2.71. The fourth-order valence-corrected chi connectivity index (χ4v) is 4.54. The highest BCUT2D eigenvalue weighted by atomic mass is 19.1. The smallest absolute Gasteiger partial charge is 0.252 e. The lowest BCUT2D eigenvalue weighted by atomic mass is 9.96. The molecular formula is C26H27FN2O2. The number of aryl methyl sites for hydroxylation is 1. The van der Waals surface area contributed by atoms with Crippen molar-refractivity contribution in [1.82, 2.24) is 10.6 Å². The first-order valence-electron chi connectivity index (χ1n) is 11.0. The summed E-state index contributed by atoms with van der Waals surface area (Å²) >= 11 is 0. The van der Waals surface area contributed by atoms with Gasteiger partial charge in [0.15, 0.2) is 0 Å². The molecule has 1 unspecified atom stereocenters. The summed E-state index contributed by atoms with van der Waals surface area (Å²) < 4.78 is 19.2. The van der Waals surface area contributed by atoms with E-state index in [1.165, 1.54) is 16.3 Å². The van der Waals surface area contributed by atoms with Crippen molar-refractivity contribution in [3.05, 3.63) is 77.4 Å². The predicted molar refractivity (Wildman–Crippen MR) is 120 cm³/mol. The van der Waals surface area contributed by atoms with E-state index in [4.69, 9.17) is 4.74 Å². The number of rotatable bonds is 6. The van der Waals surface area contributed by atoms with Gasteiger partial charge >= 0.3 is 0 Å². The molecule has 160 valence electrons. The number of amides is 1. The van der Waals surface area contributed by atoms with Crippen molar-refractivity contribution < 1.29 is 13.9 Å². The number of nitrogens with one attached hydrogen (secondary N) is 2. The van der Waals surface area contributed by atoms with Crippen LogP contribution >= 0.6 is 0 Å². The maximum Gasteiger partial charge on any atom is 0.252 e. The van der Waals surface area contributed by atoms with Crippen LogP contribution in [-0.2, 0) is 5.54 Å². The lowest BCUT2D eigenvalue weighted by molar-refractivity contribution is 0.0930. The van der Waals surface area contributed by atoms with Crippen LogP contribution in [0.5, 0.6) is 5.75 Å². The molecule has 31 heavy (non-hydrogen) atoms. The van der Waals surface area contributed by atoms with Crippen molar-refractivity contribution in [2.45, 2.75) is 43.9 Å². The topological polar surface area (TPSA) is 50.4 Å². The third kappa shape index (κ3) is 4.02. The zero-order valence-corrected chi connectivity index (χ0v) is 17.7. The number of hydrogen-bond acceptors (Lipinski definition) is 3. The standard InChI is InChI=1S/C26H27FN2O2/c1-17-9-10-21(31-16-20-13-19(27)15-28-20)14-23(17)25(30)29-26(11-12-26)24-8-4-6-18-5-2-3-7-22(18)24/h2-10,14,19-20,28H,11-13,15-16H2,1H3,(H,29,30)/t19?,20-/m1/s1. The summed E-state index contributed by atoms with van der Waals surface area (Å²) in [4.78, 5) is 13.3. The van der Waals surface area contributed by atoms with Crippen LogP contribution in [0.4, 0.5) is 4.39 Å². The first-order chi connectivity index (χ1) is 15.0. The van der Waals surface area contributed by atoms with E-state index < -0.39 is 6.17 Å². The SMILES string of the molecule is Cc1ccc(OC[C@H]2CC(F)CN2)cc1C(=O)NC1(c2cccc3ccccc23)CC1. The molecule has 1 saturated carbocycles. The van der Waals surface area contributed by atoms with E-state index >= 15 is 0 Å². The molecule has 2 N–H and O–H groups in total. The van der Waals surface area contributed by atoms with Crippen LogP contribution in [0, 0.1) is 6.92 Å². The quantitative estimate of drug-likeness (QED) is 0.613. The molecule has 1 amide bonds. The van der Waals surface area contributed by atoms with Crippen molar-refractivity contribution in [3.63, 3.8) is 0 Å². The van der Waals surface area contributed by atoms with E-state index in [0.717, 1.165) is 18.4 Å². The number of alkyl halides is 1. The van der Waals surface area contributed by atoms with Crippen molar-refractivity contribution in [2.75, 3.05) is 13.2 Å². The Hall–Kier alpha value is -2.92. The van der Waals surface area contributed by atoms with Gasteiger partial charge in [-0.3, -0.25) is 4.79 Å². The van der Waals surface area contributed by atoms with E-state index in [1.54, 1.807) is 6.07 Å². The average molecular weight is 419 g/mol. The molecular weight excluding hydrogens is 391 g/mol. The second kappa shape index (κ2) is 7.97. The van der Waals surface area contributed by atoms with Gasteiger partial charge in [-0.15, -0.1) is 0 Å². The molecule has 0 radical (unpaired) electrons. The Kier molecular flexibility index (Phi) is 5.14. The summed E-state index contributed by atoms with van der Waals surface area (Å²) in [5.41, 5.74) is 2.38. The molecule has 2 atom stereocenters. The Morgan fingerprint density at radius 1 is 1.16 bits per heavy atom. The largest absolute Gasteiger partial charge is 0.492 e. The van der Waals surface area contributed by atoms with Crippen LogP contribution in [0.2, 0.25) is 0 Å². The molecule has 2 fully saturated rings. The number of benzene rings is 3. The molecule has 1 saturated heterocycles. The zero-order chi connectivity index (χ0) is 21.4. The number of halogens is 1. The van der Waals surface area contributed by atoms with Crippen LogP contribution in [0.1, 0.15) is 40.7 Å². The number of carbonyl (C=O) groups is 1. The van der Waals surface area contributed by atoms with Crippen LogP contribution < -0.4 is 15.4 Å². The van der Waals surface area contributed by atoms with E-state index in [-0.39, 0.29) is 17.5 Å². The van der Waals surface area contributed by atoms with Gasteiger partial charge in [0.2, 0.25) is 0 Å². The Morgan fingerprint density at radius 2 is 1.97 bits per heavy atom. The molecule has 3 aromatic rings. The first-order valence-corrected chi connectivity index (χ1v) is 11.0. The number of fused-ring (bicyclic) bond motifs is 1. The zero-order valence-electron chi connectivity index (χ0n) is 17.7. The maximum atomic E-state index is 13.4. The van der Waals surface area contributed by atoms with Crippen LogP contribution in [-0.4, -0.2) is 31.3 Å². The highest BCUT2D eigenvalue weighted by molar-refractivity contribution is 5.97. The Bertz CT molecular complexity index is 1120. The number of ether oxygens (including phenoxy) is 1. The minimum absolute atomic E-state index is 0.00896. The van der Waals surface area contributed by atoms with Crippen LogP contribution in [0.15, 0.2) is 60.7 Å². The Balaban J connectivity index is 1.34. The lowest BCUT2D eigenvalue weighted by Crippen LogP contribution is -2.35. The second-order valence-corrected chi connectivity index (χ2v) is 8.79. The molecule has 2 aliphatic rings. The Labute approximate surface area is 181 Å². The molecule has 1 aliphatic heterocycles. The highest BCUT2D eigenvalue weighted by Crippen LogP contribution is 2.48. The van der Waals surface area contributed by atoms with Gasteiger partial charge in [0, 0.05) is 18.2 Å². The van der Waals surface area contributed by atoms with E-state index in [0.29, 0.717) is 30.9 Å².